The number of hydrogen-bond acceptors (Lipinski definition) is 4. The SMILES string of the molecule is Cc1ccc2oc(C(=O)N3CCC(C(C)N)CC3)cc2n1.Cl.Cl. The van der Waals surface area contributed by atoms with Gasteiger partial charge < -0.3 is 15.1 Å². The van der Waals surface area contributed by atoms with Crippen molar-refractivity contribution in [2.75, 3.05) is 13.1 Å². The van der Waals surface area contributed by atoms with Gasteiger partial charge in [0.2, 0.25) is 0 Å². The van der Waals surface area contributed by atoms with Crippen LogP contribution in [0.2, 0.25) is 0 Å². The Kier molecular flexibility index (Phi) is 6.86. The highest BCUT2D eigenvalue weighted by Crippen LogP contribution is 2.23. The van der Waals surface area contributed by atoms with Crippen molar-refractivity contribution in [2.45, 2.75) is 32.7 Å². The second kappa shape index (κ2) is 7.99. The van der Waals surface area contributed by atoms with Gasteiger partial charge in [-0.3, -0.25) is 4.79 Å². The number of halogens is 2. The summed E-state index contributed by atoms with van der Waals surface area (Å²) in [5, 5.41) is 0. The summed E-state index contributed by atoms with van der Waals surface area (Å²) in [4.78, 5) is 18.7. The Balaban J connectivity index is 0.00000132. The van der Waals surface area contributed by atoms with Crippen LogP contribution >= 0.6 is 24.8 Å². The molecule has 3 rings (SSSR count). The molecule has 0 radical (unpaired) electrons. The molecule has 3 heterocycles. The Morgan fingerprint density at radius 2 is 2.00 bits per heavy atom. The summed E-state index contributed by atoms with van der Waals surface area (Å²) in [6.07, 6.45) is 1.92. The van der Waals surface area contributed by atoms with Gasteiger partial charge in [-0.2, -0.15) is 0 Å². The summed E-state index contributed by atoms with van der Waals surface area (Å²) < 4.78 is 5.63. The molecule has 2 aromatic rings. The van der Waals surface area contributed by atoms with Crippen LogP contribution in [-0.2, 0) is 0 Å². The number of carbonyl (C=O) groups is 1. The average Bonchev–Trinajstić information content (AvgIpc) is 2.89. The Labute approximate surface area is 148 Å². The molecule has 0 aromatic carbocycles. The molecule has 2 aromatic heterocycles. The number of furan rings is 1. The van der Waals surface area contributed by atoms with Crippen LogP contribution in [0.5, 0.6) is 0 Å². The van der Waals surface area contributed by atoms with Gasteiger partial charge in [-0.15, -0.1) is 24.8 Å². The fourth-order valence-electron chi connectivity index (χ4n) is 2.92. The lowest BCUT2D eigenvalue weighted by Crippen LogP contribution is -2.42. The van der Waals surface area contributed by atoms with Gasteiger partial charge in [-0.05, 0) is 44.7 Å². The van der Waals surface area contributed by atoms with Crippen LogP contribution in [0.3, 0.4) is 0 Å². The van der Waals surface area contributed by atoms with Crippen LogP contribution in [0.25, 0.3) is 11.1 Å². The topological polar surface area (TPSA) is 72.4 Å². The van der Waals surface area contributed by atoms with Crippen LogP contribution in [0.4, 0.5) is 0 Å². The molecule has 0 saturated carbocycles. The third kappa shape index (κ3) is 4.16. The van der Waals surface area contributed by atoms with Crippen molar-refractivity contribution in [2.24, 2.45) is 11.7 Å². The molecular formula is C16H23Cl2N3O2. The number of hydrogen-bond donors (Lipinski definition) is 1. The molecule has 0 spiro atoms. The minimum absolute atomic E-state index is 0. The molecule has 1 aliphatic rings. The fourth-order valence-corrected chi connectivity index (χ4v) is 2.92. The minimum Gasteiger partial charge on any atom is -0.449 e. The smallest absolute Gasteiger partial charge is 0.289 e. The molecule has 1 amide bonds. The van der Waals surface area contributed by atoms with Crippen LogP contribution in [0, 0.1) is 12.8 Å². The van der Waals surface area contributed by atoms with Crippen LogP contribution in [0.1, 0.15) is 36.0 Å². The zero-order valence-electron chi connectivity index (χ0n) is 13.3. The van der Waals surface area contributed by atoms with Crippen molar-refractivity contribution in [3.63, 3.8) is 0 Å². The summed E-state index contributed by atoms with van der Waals surface area (Å²) in [5.74, 6) is 0.838. The maximum Gasteiger partial charge on any atom is 0.289 e. The second-order valence-electron chi connectivity index (χ2n) is 5.94. The molecule has 7 heteroatoms. The first-order valence-electron chi connectivity index (χ1n) is 7.46. The predicted octanol–water partition coefficient (Wildman–Crippen LogP) is 3.18. The number of carbonyl (C=O) groups excluding carboxylic acids is 1. The van der Waals surface area contributed by atoms with Gasteiger partial charge in [-0.25, -0.2) is 4.98 Å². The van der Waals surface area contributed by atoms with E-state index in [9.17, 15) is 4.79 Å². The molecular weight excluding hydrogens is 337 g/mol. The highest BCUT2D eigenvalue weighted by atomic mass is 35.5. The highest BCUT2D eigenvalue weighted by Gasteiger charge is 2.27. The number of aromatic nitrogens is 1. The third-order valence-corrected chi connectivity index (χ3v) is 4.29. The molecule has 5 nitrogen and oxygen atoms in total. The quantitative estimate of drug-likeness (QED) is 0.893. The Morgan fingerprint density at radius 3 is 2.61 bits per heavy atom. The summed E-state index contributed by atoms with van der Waals surface area (Å²) in [7, 11) is 0. The van der Waals surface area contributed by atoms with E-state index in [-0.39, 0.29) is 36.8 Å². The largest absolute Gasteiger partial charge is 0.449 e. The van der Waals surface area contributed by atoms with Crippen molar-refractivity contribution in [1.82, 2.24) is 9.88 Å². The number of amides is 1. The lowest BCUT2D eigenvalue weighted by molar-refractivity contribution is 0.0651. The molecule has 23 heavy (non-hydrogen) atoms. The number of likely N-dealkylation sites (tertiary alicyclic amines) is 1. The van der Waals surface area contributed by atoms with Gasteiger partial charge in [0.05, 0.1) is 0 Å². The van der Waals surface area contributed by atoms with E-state index in [0.29, 0.717) is 17.3 Å². The molecule has 0 bridgehead atoms. The first kappa shape index (κ1) is 19.7. The van der Waals surface area contributed by atoms with E-state index in [1.165, 1.54) is 0 Å². The van der Waals surface area contributed by atoms with Crippen molar-refractivity contribution >= 4 is 41.8 Å². The van der Waals surface area contributed by atoms with Gasteiger partial charge in [-0.1, -0.05) is 0 Å². The molecule has 128 valence electrons. The lowest BCUT2D eigenvalue weighted by Gasteiger charge is -2.33. The molecule has 1 aliphatic heterocycles. The van der Waals surface area contributed by atoms with E-state index in [1.54, 1.807) is 6.07 Å². The van der Waals surface area contributed by atoms with E-state index in [2.05, 4.69) is 4.98 Å². The maximum atomic E-state index is 12.5. The van der Waals surface area contributed by atoms with Crippen molar-refractivity contribution in [1.29, 1.82) is 0 Å². The second-order valence-corrected chi connectivity index (χ2v) is 5.94. The monoisotopic (exact) mass is 359 g/mol. The summed E-state index contributed by atoms with van der Waals surface area (Å²) in [6, 6.07) is 5.67. The number of piperidine rings is 1. The third-order valence-electron chi connectivity index (χ3n) is 4.29. The first-order chi connectivity index (χ1) is 10.0. The summed E-state index contributed by atoms with van der Waals surface area (Å²) in [6.45, 7) is 5.45. The molecule has 1 unspecified atom stereocenters. The fraction of sp³-hybridized carbons (Fsp3) is 0.500. The van der Waals surface area contributed by atoms with E-state index >= 15 is 0 Å². The molecule has 0 aliphatic carbocycles. The number of pyridine rings is 1. The number of aryl methyl sites for hydroxylation is 1. The maximum absolute atomic E-state index is 12.5. The Hall–Kier alpha value is -1.30. The number of nitrogens with zero attached hydrogens (tertiary/aromatic N) is 2. The lowest BCUT2D eigenvalue weighted by atomic mass is 9.91. The zero-order chi connectivity index (χ0) is 15.0. The predicted molar refractivity (Wildman–Crippen MR) is 95.5 cm³/mol. The summed E-state index contributed by atoms with van der Waals surface area (Å²) in [5.41, 5.74) is 8.25. The summed E-state index contributed by atoms with van der Waals surface area (Å²) >= 11 is 0. The molecule has 1 saturated heterocycles. The normalized spacial score (nSPS) is 16.6. The van der Waals surface area contributed by atoms with Gasteiger partial charge >= 0.3 is 0 Å². The first-order valence-corrected chi connectivity index (χ1v) is 7.46. The van der Waals surface area contributed by atoms with E-state index in [1.807, 2.05) is 30.9 Å². The number of rotatable bonds is 2. The van der Waals surface area contributed by atoms with Crippen molar-refractivity contribution < 1.29 is 9.21 Å². The molecule has 2 N–H and O–H groups in total. The van der Waals surface area contributed by atoms with Crippen LogP contribution in [-0.4, -0.2) is 34.9 Å². The van der Waals surface area contributed by atoms with Crippen molar-refractivity contribution in [3.05, 3.63) is 29.7 Å². The average molecular weight is 360 g/mol. The van der Waals surface area contributed by atoms with Crippen molar-refractivity contribution in [3.8, 4) is 0 Å². The minimum atomic E-state index is -0.0474. The number of nitrogens with two attached hydrogens (primary N) is 1. The molecule has 1 fully saturated rings. The highest BCUT2D eigenvalue weighted by molar-refractivity contribution is 5.95. The molecule has 1 atom stereocenters. The van der Waals surface area contributed by atoms with E-state index < -0.39 is 0 Å². The van der Waals surface area contributed by atoms with Gasteiger partial charge in [0.25, 0.3) is 5.91 Å². The Morgan fingerprint density at radius 1 is 1.35 bits per heavy atom. The van der Waals surface area contributed by atoms with Gasteiger partial charge in [0.1, 0.15) is 5.52 Å². The van der Waals surface area contributed by atoms with Crippen LogP contribution < -0.4 is 5.73 Å². The Bertz CT molecular complexity index is 664. The zero-order valence-corrected chi connectivity index (χ0v) is 15.0. The number of fused-ring (bicyclic) bond motifs is 1. The standard InChI is InChI=1S/C16H21N3O2.2ClH/c1-10-3-4-14-13(18-10)9-15(21-14)16(20)19-7-5-12(6-8-19)11(2)17;;/h3-4,9,11-12H,5-8,17H2,1-2H3;2*1H. The van der Waals surface area contributed by atoms with Crippen LogP contribution in [0.15, 0.2) is 22.6 Å². The van der Waals surface area contributed by atoms with Gasteiger partial charge in [0.15, 0.2) is 11.3 Å². The van der Waals surface area contributed by atoms with E-state index in [4.69, 9.17) is 10.2 Å². The van der Waals surface area contributed by atoms with Gasteiger partial charge in [0, 0.05) is 30.9 Å². The van der Waals surface area contributed by atoms with E-state index in [0.717, 1.165) is 37.1 Å².